The Morgan fingerprint density at radius 2 is 2.35 bits per heavy atom. The molecule has 0 bridgehead atoms. The molecular weight excluding hydrogens is 276 g/mol. The van der Waals surface area contributed by atoms with Gasteiger partial charge in [-0.3, -0.25) is 0 Å². The number of rotatable bonds is 1. The number of pyridine rings is 1. The van der Waals surface area contributed by atoms with E-state index in [1.807, 2.05) is 6.20 Å². The van der Waals surface area contributed by atoms with Gasteiger partial charge >= 0.3 is 0 Å². The lowest BCUT2D eigenvalue weighted by Gasteiger charge is -2.25. The van der Waals surface area contributed by atoms with Crippen LogP contribution in [0.1, 0.15) is 30.4 Å². The highest BCUT2D eigenvalue weighted by Gasteiger charge is 2.30. The van der Waals surface area contributed by atoms with Crippen LogP contribution in [0.2, 0.25) is 0 Å². The molecule has 17 heavy (non-hydrogen) atoms. The lowest BCUT2D eigenvalue weighted by atomic mass is 9.83. The zero-order chi connectivity index (χ0) is 11.8. The number of hydrogen-bond acceptors (Lipinski definition) is 2. The fourth-order valence-electron chi connectivity index (χ4n) is 2.93. The number of hydrogen-bond donors (Lipinski definition) is 1. The lowest BCUT2D eigenvalue weighted by Crippen LogP contribution is -2.29. The molecular formula is C14H17BrN2. The van der Waals surface area contributed by atoms with Crippen LogP contribution in [0.25, 0.3) is 5.57 Å². The average molecular weight is 293 g/mol. The maximum absolute atomic E-state index is 4.39. The monoisotopic (exact) mass is 292 g/mol. The van der Waals surface area contributed by atoms with Crippen molar-refractivity contribution in [2.24, 2.45) is 5.92 Å². The number of allylic oxidation sites excluding steroid dienone is 1. The van der Waals surface area contributed by atoms with E-state index in [0.717, 1.165) is 16.9 Å². The molecule has 2 aliphatic rings. The van der Waals surface area contributed by atoms with Crippen molar-refractivity contribution in [3.8, 4) is 0 Å². The first-order chi connectivity index (χ1) is 8.24. The maximum Gasteiger partial charge on any atom is 0.109 e. The number of halogens is 1. The molecule has 1 aromatic rings. The minimum atomic E-state index is 0.693. The summed E-state index contributed by atoms with van der Waals surface area (Å²) in [7, 11) is 0. The van der Waals surface area contributed by atoms with Gasteiger partial charge in [-0.1, -0.05) is 6.08 Å². The molecule has 1 aliphatic heterocycles. The molecule has 0 amide bonds. The van der Waals surface area contributed by atoms with Crippen LogP contribution < -0.4 is 5.32 Å². The van der Waals surface area contributed by atoms with Crippen molar-refractivity contribution in [1.82, 2.24) is 10.3 Å². The van der Waals surface area contributed by atoms with E-state index >= 15 is 0 Å². The quantitative estimate of drug-likeness (QED) is 0.804. The lowest BCUT2D eigenvalue weighted by molar-refractivity contribution is 0.445. The predicted octanol–water partition coefficient (Wildman–Crippen LogP) is 3.31. The SMILES string of the molecule is Cc1cc(C2=CC[C@@H]3CCN[C@@H]3C2)cnc1Br. The summed E-state index contributed by atoms with van der Waals surface area (Å²) in [5.74, 6) is 0.864. The summed E-state index contributed by atoms with van der Waals surface area (Å²) < 4.78 is 0.953. The van der Waals surface area contributed by atoms with Gasteiger partial charge in [0.25, 0.3) is 0 Å². The molecule has 1 aromatic heterocycles. The van der Waals surface area contributed by atoms with Crippen LogP contribution >= 0.6 is 15.9 Å². The highest BCUT2D eigenvalue weighted by molar-refractivity contribution is 9.10. The molecule has 3 rings (SSSR count). The minimum Gasteiger partial charge on any atom is -0.313 e. The molecule has 2 atom stereocenters. The van der Waals surface area contributed by atoms with E-state index in [4.69, 9.17) is 0 Å². The number of nitrogens with one attached hydrogen (secondary N) is 1. The van der Waals surface area contributed by atoms with Gasteiger partial charge in [0.15, 0.2) is 0 Å². The molecule has 2 nitrogen and oxygen atoms in total. The van der Waals surface area contributed by atoms with Crippen LogP contribution in [0, 0.1) is 12.8 Å². The molecule has 2 heterocycles. The molecule has 0 aromatic carbocycles. The van der Waals surface area contributed by atoms with Gasteiger partial charge in [0, 0.05) is 12.2 Å². The molecule has 1 fully saturated rings. The Labute approximate surface area is 111 Å². The van der Waals surface area contributed by atoms with Crippen LogP contribution in [-0.2, 0) is 0 Å². The van der Waals surface area contributed by atoms with E-state index < -0.39 is 0 Å². The van der Waals surface area contributed by atoms with E-state index in [0.29, 0.717) is 6.04 Å². The average Bonchev–Trinajstić information content (AvgIpc) is 2.79. The summed E-state index contributed by atoms with van der Waals surface area (Å²) in [6, 6.07) is 2.93. The molecule has 0 radical (unpaired) electrons. The smallest absolute Gasteiger partial charge is 0.109 e. The van der Waals surface area contributed by atoms with Crippen LogP contribution in [0.5, 0.6) is 0 Å². The Hall–Kier alpha value is -0.670. The van der Waals surface area contributed by atoms with Crippen LogP contribution in [-0.4, -0.2) is 17.6 Å². The van der Waals surface area contributed by atoms with E-state index in [9.17, 15) is 0 Å². The van der Waals surface area contributed by atoms with Gasteiger partial charge in [-0.15, -0.1) is 0 Å². The fraction of sp³-hybridized carbons (Fsp3) is 0.500. The summed E-state index contributed by atoms with van der Waals surface area (Å²) in [5, 5.41) is 3.61. The molecule has 0 spiro atoms. The molecule has 1 saturated heterocycles. The third-order valence-corrected chi connectivity index (χ3v) is 4.81. The normalized spacial score (nSPS) is 27.8. The van der Waals surface area contributed by atoms with Crippen molar-refractivity contribution in [2.75, 3.05) is 6.54 Å². The molecule has 3 heteroatoms. The fourth-order valence-corrected chi connectivity index (χ4v) is 3.14. The predicted molar refractivity (Wildman–Crippen MR) is 73.8 cm³/mol. The Balaban J connectivity index is 1.86. The van der Waals surface area contributed by atoms with Crippen LogP contribution in [0.15, 0.2) is 22.9 Å². The zero-order valence-corrected chi connectivity index (χ0v) is 11.6. The van der Waals surface area contributed by atoms with Crippen LogP contribution in [0.3, 0.4) is 0 Å². The summed E-state index contributed by atoms with van der Waals surface area (Å²) in [4.78, 5) is 4.39. The first-order valence-electron chi connectivity index (χ1n) is 6.29. The largest absolute Gasteiger partial charge is 0.313 e. The second kappa shape index (κ2) is 4.54. The third-order valence-electron chi connectivity index (χ3n) is 3.98. The van der Waals surface area contributed by atoms with E-state index in [2.05, 4.69) is 45.3 Å². The maximum atomic E-state index is 4.39. The van der Waals surface area contributed by atoms with Crippen molar-refractivity contribution < 1.29 is 0 Å². The topological polar surface area (TPSA) is 24.9 Å². The Kier molecular flexibility index (Phi) is 3.05. The second-order valence-corrected chi connectivity index (χ2v) is 5.86. The van der Waals surface area contributed by atoms with Crippen molar-refractivity contribution in [3.63, 3.8) is 0 Å². The highest BCUT2D eigenvalue weighted by atomic mass is 79.9. The molecule has 90 valence electrons. The van der Waals surface area contributed by atoms with Crippen molar-refractivity contribution in [1.29, 1.82) is 0 Å². The molecule has 0 unspecified atom stereocenters. The van der Waals surface area contributed by atoms with Crippen LogP contribution in [0.4, 0.5) is 0 Å². The van der Waals surface area contributed by atoms with E-state index in [-0.39, 0.29) is 0 Å². The molecule has 1 aliphatic carbocycles. The van der Waals surface area contributed by atoms with Gasteiger partial charge in [-0.05, 0) is 77.3 Å². The summed E-state index contributed by atoms with van der Waals surface area (Å²) in [6.07, 6.45) is 8.12. The van der Waals surface area contributed by atoms with Gasteiger partial charge in [-0.2, -0.15) is 0 Å². The van der Waals surface area contributed by atoms with Gasteiger partial charge in [0.2, 0.25) is 0 Å². The zero-order valence-electron chi connectivity index (χ0n) is 10.0. The van der Waals surface area contributed by atoms with Crippen molar-refractivity contribution in [3.05, 3.63) is 34.1 Å². The summed E-state index contributed by atoms with van der Waals surface area (Å²) in [6.45, 7) is 3.29. The van der Waals surface area contributed by atoms with Gasteiger partial charge in [-0.25, -0.2) is 4.98 Å². The van der Waals surface area contributed by atoms with Gasteiger partial charge in [0.05, 0.1) is 0 Å². The Morgan fingerprint density at radius 1 is 1.47 bits per heavy atom. The second-order valence-electron chi connectivity index (χ2n) is 5.11. The Morgan fingerprint density at radius 3 is 3.18 bits per heavy atom. The standard InChI is InChI=1S/C14H17BrN2/c1-9-6-12(8-17-14(9)15)11-3-2-10-4-5-16-13(10)7-11/h3,6,8,10,13,16H,2,4-5,7H2,1H3/t10-,13-/m1/s1. The highest BCUT2D eigenvalue weighted by Crippen LogP contribution is 2.34. The van der Waals surface area contributed by atoms with Gasteiger partial charge < -0.3 is 5.32 Å². The minimum absolute atomic E-state index is 0.693. The number of nitrogens with zero attached hydrogens (tertiary/aromatic N) is 1. The molecule has 0 saturated carbocycles. The Bertz CT molecular complexity index is 467. The number of aryl methyl sites for hydroxylation is 1. The van der Waals surface area contributed by atoms with Gasteiger partial charge in [0.1, 0.15) is 4.60 Å². The summed E-state index contributed by atoms with van der Waals surface area (Å²) >= 11 is 3.46. The van der Waals surface area contributed by atoms with Crippen molar-refractivity contribution >= 4 is 21.5 Å². The molecule has 1 N–H and O–H groups in total. The third kappa shape index (κ3) is 2.18. The summed E-state index contributed by atoms with van der Waals surface area (Å²) in [5.41, 5.74) is 3.96. The first-order valence-corrected chi connectivity index (χ1v) is 7.08. The van der Waals surface area contributed by atoms with E-state index in [1.54, 1.807) is 0 Å². The first kappa shape index (κ1) is 11.4. The van der Waals surface area contributed by atoms with Crippen molar-refractivity contribution in [2.45, 2.75) is 32.2 Å². The number of fused-ring (bicyclic) bond motifs is 1. The van der Waals surface area contributed by atoms with E-state index in [1.165, 1.54) is 36.1 Å². The number of aromatic nitrogens is 1.